The molecule has 19 rings (SSSR count). The summed E-state index contributed by atoms with van der Waals surface area (Å²) in [5.74, 6) is 0. The first kappa shape index (κ1) is 55.3. The summed E-state index contributed by atoms with van der Waals surface area (Å²) in [4.78, 5) is 0. The third-order valence-electron chi connectivity index (χ3n) is 22.2. The average Bonchev–Trinajstić information content (AvgIpc) is 1.59. The van der Waals surface area contributed by atoms with Gasteiger partial charge >= 0.3 is 0 Å². The minimum atomic E-state index is -0.183. The molecule has 2 nitrogen and oxygen atoms in total. The van der Waals surface area contributed by atoms with Crippen LogP contribution in [0.2, 0.25) is 0 Å². The van der Waals surface area contributed by atoms with Gasteiger partial charge in [-0.05, 0) is 193 Å². The quantitative estimate of drug-likeness (QED) is 0.134. The Morgan fingerprint density at radius 3 is 0.989 bits per heavy atom. The number of hydrogen-bond donors (Lipinski definition) is 0. The van der Waals surface area contributed by atoms with Crippen LogP contribution in [0.25, 0.3) is 156 Å². The van der Waals surface area contributed by atoms with Crippen molar-refractivity contribution in [2.75, 3.05) is 0 Å². The van der Waals surface area contributed by atoms with Crippen molar-refractivity contribution in [1.82, 2.24) is 9.13 Å². The average molecular weight is 1210 g/mol. The van der Waals surface area contributed by atoms with Gasteiger partial charge in [0.05, 0.1) is 22.1 Å². The molecule has 0 amide bonds. The lowest BCUT2D eigenvalue weighted by molar-refractivity contribution is 0.660. The van der Waals surface area contributed by atoms with Gasteiger partial charge in [-0.2, -0.15) is 0 Å². The maximum Gasteiger partial charge on any atom is 0.0541 e. The number of rotatable bonds is 8. The molecular weight excluding hydrogens is 1150 g/mol. The first-order valence-corrected chi connectivity index (χ1v) is 33.6. The summed E-state index contributed by atoms with van der Waals surface area (Å²) in [6.07, 6.45) is 9.22. The predicted molar refractivity (Wildman–Crippen MR) is 404 cm³/mol. The fourth-order valence-corrected chi connectivity index (χ4v) is 17.3. The van der Waals surface area contributed by atoms with E-state index in [-0.39, 0.29) is 16.2 Å². The predicted octanol–water partition coefficient (Wildman–Crippen LogP) is 24.8. The van der Waals surface area contributed by atoms with Crippen LogP contribution in [0.4, 0.5) is 0 Å². The zero-order valence-electron chi connectivity index (χ0n) is 54.3. The van der Waals surface area contributed by atoms with Crippen molar-refractivity contribution in [1.29, 1.82) is 0 Å². The lowest BCUT2D eigenvalue weighted by Crippen LogP contribution is -2.15. The molecule has 3 aliphatic carbocycles. The van der Waals surface area contributed by atoms with Gasteiger partial charge in [0, 0.05) is 49.2 Å². The highest BCUT2D eigenvalue weighted by atomic mass is 15.0. The summed E-state index contributed by atoms with van der Waals surface area (Å²) in [6, 6.07) is 105. The fraction of sp³-hybridized carbons (Fsp3) is 0.0968. The number of fused-ring (bicyclic) bond motifs is 17. The van der Waals surface area contributed by atoms with Crippen molar-refractivity contribution in [2.45, 2.75) is 57.8 Å². The molecule has 2 heterocycles. The lowest BCUT2D eigenvalue weighted by atomic mass is 9.81. The van der Waals surface area contributed by atoms with Gasteiger partial charge in [-0.1, -0.05) is 284 Å². The van der Waals surface area contributed by atoms with Crippen LogP contribution in [0.15, 0.2) is 279 Å². The van der Waals surface area contributed by atoms with Gasteiger partial charge in [-0.15, -0.1) is 0 Å². The van der Waals surface area contributed by atoms with E-state index in [0.29, 0.717) is 0 Å². The van der Waals surface area contributed by atoms with E-state index in [0.717, 1.165) is 0 Å². The number of nitrogens with zero attached hydrogens (tertiary/aromatic N) is 2. The van der Waals surface area contributed by atoms with Gasteiger partial charge in [0.15, 0.2) is 0 Å². The van der Waals surface area contributed by atoms with E-state index in [1.54, 1.807) is 0 Å². The molecule has 0 aliphatic heterocycles. The van der Waals surface area contributed by atoms with E-state index < -0.39 is 0 Å². The van der Waals surface area contributed by atoms with Crippen LogP contribution in [0.1, 0.15) is 97.2 Å². The highest BCUT2D eigenvalue weighted by molar-refractivity contribution is 6.14. The Labute approximate surface area is 554 Å². The summed E-state index contributed by atoms with van der Waals surface area (Å²) in [6.45, 7) is 14.2. The van der Waals surface area contributed by atoms with Crippen LogP contribution >= 0.6 is 0 Å². The second-order valence-electron chi connectivity index (χ2n) is 28.4. The number of benzene rings is 14. The molecule has 14 aromatic carbocycles. The van der Waals surface area contributed by atoms with Crippen molar-refractivity contribution in [3.05, 3.63) is 335 Å². The van der Waals surface area contributed by atoms with Crippen LogP contribution in [-0.4, -0.2) is 9.13 Å². The van der Waals surface area contributed by atoms with Gasteiger partial charge < -0.3 is 9.13 Å². The summed E-state index contributed by atoms with van der Waals surface area (Å²) in [7, 11) is 0. The largest absolute Gasteiger partial charge is 0.309 e. The molecule has 0 bridgehead atoms. The minimum absolute atomic E-state index is 0.0792. The van der Waals surface area contributed by atoms with Crippen molar-refractivity contribution >= 4 is 89.5 Å². The molecule has 0 saturated heterocycles. The highest BCUT2D eigenvalue weighted by Crippen LogP contribution is 2.53. The molecular formula is C93H68N2. The molecule has 2 aromatic heterocycles. The zero-order valence-corrected chi connectivity index (χ0v) is 54.3. The van der Waals surface area contributed by atoms with Crippen LogP contribution in [0.3, 0.4) is 0 Å². The molecule has 0 spiro atoms. The third kappa shape index (κ3) is 8.17. The molecule has 16 aromatic rings. The van der Waals surface area contributed by atoms with Crippen molar-refractivity contribution in [2.24, 2.45) is 0 Å². The standard InChI is InChI=1S/C93H68N2/c1-91(2)81-27-15-11-23-71(81)75-47-41-63(55-85(75)91)94-87-29-17-13-25-77(87)79-53-61(39-49-89(79)94)67-45-37-59(65-19-7-9-21-69(65)67)35-31-57-33-43-73-74-44-34-58(52-84(74)93(5,6)83(73)51-57)32-36-60-38-46-68(70-22-10-8-20-66(60)70)62-40-50-90-80(54-62)78-26-14-18-30-88(78)95(90)64-42-48-76-72-24-12-16-28-82(72)92(3,4)86(76)56-64/h7-56H,1-6H3/b35-31+,36-32+. The Balaban J connectivity index is 0.596. The topological polar surface area (TPSA) is 9.86 Å². The molecule has 0 N–H and O–H groups in total. The maximum absolute atomic E-state index is 2.47. The van der Waals surface area contributed by atoms with Gasteiger partial charge in [-0.25, -0.2) is 0 Å². The number of aromatic nitrogens is 2. The number of para-hydroxylation sites is 2. The molecule has 0 radical (unpaired) electrons. The Hall–Kier alpha value is -11.3. The molecule has 0 fully saturated rings. The fourth-order valence-electron chi connectivity index (χ4n) is 17.3. The van der Waals surface area contributed by atoms with E-state index in [9.17, 15) is 0 Å². The second-order valence-corrected chi connectivity index (χ2v) is 28.4. The van der Waals surface area contributed by atoms with E-state index in [4.69, 9.17) is 0 Å². The van der Waals surface area contributed by atoms with Gasteiger partial charge in [-0.3, -0.25) is 0 Å². The van der Waals surface area contributed by atoms with E-state index >= 15 is 0 Å². The summed E-state index contributed by atoms with van der Waals surface area (Å²) in [5.41, 5.74) is 32.9. The summed E-state index contributed by atoms with van der Waals surface area (Å²) < 4.78 is 4.93. The smallest absolute Gasteiger partial charge is 0.0541 e. The molecule has 0 saturated carbocycles. The van der Waals surface area contributed by atoms with Crippen molar-refractivity contribution < 1.29 is 0 Å². The Kier molecular flexibility index (Phi) is 11.8. The Morgan fingerprint density at radius 2 is 0.547 bits per heavy atom. The molecule has 2 heteroatoms. The number of hydrogen-bond acceptors (Lipinski definition) is 0. The molecule has 0 atom stereocenters. The van der Waals surface area contributed by atoms with E-state index in [2.05, 4.69) is 354 Å². The summed E-state index contributed by atoms with van der Waals surface area (Å²) >= 11 is 0. The van der Waals surface area contributed by atoms with Crippen molar-refractivity contribution in [3.63, 3.8) is 0 Å². The Morgan fingerprint density at radius 1 is 0.221 bits per heavy atom. The van der Waals surface area contributed by atoms with Crippen LogP contribution in [0.5, 0.6) is 0 Å². The third-order valence-corrected chi connectivity index (χ3v) is 22.2. The van der Waals surface area contributed by atoms with Gasteiger partial charge in [0.2, 0.25) is 0 Å². The monoisotopic (exact) mass is 1210 g/mol. The maximum atomic E-state index is 2.47. The molecule has 0 unspecified atom stereocenters. The van der Waals surface area contributed by atoms with Crippen LogP contribution < -0.4 is 0 Å². The first-order chi connectivity index (χ1) is 46.4. The van der Waals surface area contributed by atoms with Gasteiger partial charge in [0.25, 0.3) is 0 Å². The second kappa shape index (κ2) is 20.3. The zero-order chi connectivity index (χ0) is 63.6. The van der Waals surface area contributed by atoms with Crippen LogP contribution in [-0.2, 0) is 16.2 Å². The van der Waals surface area contributed by atoms with Crippen molar-refractivity contribution in [3.8, 4) is 67.0 Å². The Bertz CT molecular complexity index is 5690. The van der Waals surface area contributed by atoms with Crippen LogP contribution in [0, 0.1) is 0 Å². The molecule has 450 valence electrons. The van der Waals surface area contributed by atoms with E-state index in [1.807, 2.05) is 0 Å². The van der Waals surface area contributed by atoms with Gasteiger partial charge in [0.1, 0.15) is 0 Å². The summed E-state index contributed by atoms with van der Waals surface area (Å²) in [5, 5.41) is 10.0. The highest BCUT2D eigenvalue weighted by Gasteiger charge is 2.38. The minimum Gasteiger partial charge on any atom is -0.309 e. The van der Waals surface area contributed by atoms with E-state index in [1.165, 1.54) is 188 Å². The lowest BCUT2D eigenvalue weighted by Gasteiger charge is -2.22. The SMILES string of the molecule is CC1(C)c2cc(/C=C/c3ccc(-c4ccc5c(c4)c4ccccc4n5-c4ccc5c(c4)C(C)(C)c4ccccc4-5)c4ccccc34)ccc2-c2ccc(/C=C/c3ccc(-c4ccc5c(c4)c4ccccc4n5-c4ccc5c(c4)C(C)(C)c4ccccc4-5)c4ccccc34)cc21. The normalized spacial score (nSPS) is 14.6. The first-order valence-electron chi connectivity index (χ1n) is 33.6. The molecule has 3 aliphatic rings. The molecule has 95 heavy (non-hydrogen) atoms.